The minimum absolute atomic E-state index is 0.0567. The zero-order chi connectivity index (χ0) is 14.2. The molecule has 0 bridgehead atoms. The van der Waals surface area contributed by atoms with E-state index >= 15 is 0 Å². The van der Waals surface area contributed by atoms with Crippen LogP contribution in [0, 0.1) is 0 Å². The first-order valence-corrected chi connectivity index (χ1v) is 7.63. The van der Waals surface area contributed by atoms with E-state index in [4.69, 9.17) is 34.8 Å². The van der Waals surface area contributed by atoms with Gasteiger partial charge in [0.15, 0.2) is 0 Å². The van der Waals surface area contributed by atoms with Crippen LogP contribution in [0.3, 0.4) is 0 Å². The van der Waals surface area contributed by atoms with Crippen LogP contribution in [0.15, 0.2) is 12.1 Å². The summed E-state index contributed by atoms with van der Waals surface area (Å²) in [5.74, 6) is 0. The van der Waals surface area contributed by atoms with E-state index in [2.05, 4.69) is 31.0 Å². The van der Waals surface area contributed by atoms with Crippen molar-refractivity contribution in [2.45, 2.75) is 38.8 Å². The predicted molar refractivity (Wildman–Crippen MR) is 85.0 cm³/mol. The van der Waals surface area contributed by atoms with E-state index in [0.717, 1.165) is 25.2 Å². The Morgan fingerprint density at radius 2 is 1.84 bits per heavy atom. The molecule has 1 unspecified atom stereocenters. The molecule has 2 rings (SSSR count). The Labute approximate surface area is 130 Å². The van der Waals surface area contributed by atoms with Crippen LogP contribution in [0.2, 0.25) is 15.1 Å². The average Bonchev–Trinajstić information content (AvgIpc) is 2.33. The lowest BCUT2D eigenvalue weighted by atomic mass is 9.97. The molecule has 1 aromatic carbocycles. The van der Waals surface area contributed by atoms with E-state index in [1.54, 1.807) is 6.07 Å². The molecule has 1 fully saturated rings. The van der Waals surface area contributed by atoms with Crippen molar-refractivity contribution >= 4 is 40.5 Å². The van der Waals surface area contributed by atoms with E-state index in [0.29, 0.717) is 21.1 Å². The Hall–Kier alpha value is -0.150. The molecule has 0 radical (unpaired) electrons. The fourth-order valence-corrected chi connectivity index (χ4v) is 3.14. The lowest BCUT2D eigenvalue weighted by molar-refractivity contribution is 0.306. The van der Waals surface area contributed by atoms with E-state index in [1.807, 2.05) is 6.07 Å². The van der Waals surface area contributed by atoms with Crippen molar-refractivity contribution in [3.05, 3.63) is 27.2 Å². The first kappa shape index (κ1) is 15.2. The summed E-state index contributed by atoms with van der Waals surface area (Å²) in [5, 5.41) is 5.27. The van der Waals surface area contributed by atoms with Gasteiger partial charge in [0.25, 0.3) is 0 Å². The smallest absolute Gasteiger partial charge is 0.0655 e. The van der Waals surface area contributed by atoms with Crippen LogP contribution in [-0.2, 0) is 0 Å². The van der Waals surface area contributed by atoms with Crippen LogP contribution < -0.4 is 10.2 Å². The number of anilines is 1. The molecule has 1 aliphatic rings. The van der Waals surface area contributed by atoms with Gasteiger partial charge in [-0.1, -0.05) is 41.7 Å². The Morgan fingerprint density at radius 1 is 1.21 bits per heavy atom. The molecule has 0 aromatic heterocycles. The van der Waals surface area contributed by atoms with Crippen LogP contribution in [0.4, 0.5) is 5.69 Å². The summed E-state index contributed by atoms with van der Waals surface area (Å²) >= 11 is 18.5. The van der Waals surface area contributed by atoms with Gasteiger partial charge in [-0.15, -0.1) is 0 Å². The number of rotatable bonds is 2. The molecule has 0 spiro atoms. The molecule has 5 heteroatoms. The molecule has 2 nitrogen and oxygen atoms in total. The highest BCUT2D eigenvalue weighted by Crippen LogP contribution is 2.37. The largest absolute Gasteiger partial charge is 0.364 e. The van der Waals surface area contributed by atoms with Crippen molar-refractivity contribution in [1.82, 2.24) is 5.32 Å². The second-order valence-corrected chi connectivity index (χ2v) is 6.89. The van der Waals surface area contributed by atoms with Gasteiger partial charge >= 0.3 is 0 Å². The quantitative estimate of drug-likeness (QED) is 0.800. The fraction of sp³-hybridized carbons (Fsp3) is 0.571. The number of piperazine rings is 1. The Bertz CT molecular complexity index is 474. The molecular formula is C14H19Cl3N2. The zero-order valence-corrected chi connectivity index (χ0v) is 13.7. The van der Waals surface area contributed by atoms with Crippen LogP contribution in [0.1, 0.15) is 27.2 Å². The summed E-state index contributed by atoms with van der Waals surface area (Å²) in [6, 6.07) is 4.02. The fourth-order valence-electron chi connectivity index (χ4n) is 2.49. The van der Waals surface area contributed by atoms with Crippen LogP contribution in [0.25, 0.3) is 0 Å². The van der Waals surface area contributed by atoms with Crippen molar-refractivity contribution in [3.63, 3.8) is 0 Å². The normalized spacial score (nSPS) is 22.6. The molecule has 0 saturated carbocycles. The first-order chi connectivity index (χ1) is 8.84. The zero-order valence-electron chi connectivity index (χ0n) is 11.4. The average molecular weight is 322 g/mol. The van der Waals surface area contributed by atoms with Crippen LogP contribution in [0.5, 0.6) is 0 Å². The minimum atomic E-state index is 0.0567. The molecule has 0 amide bonds. The maximum Gasteiger partial charge on any atom is 0.0655 e. The third-order valence-corrected chi connectivity index (χ3v) is 4.62. The Kier molecular flexibility index (Phi) is 4.56. The second-order valence-electron chi connectivity index (χ2n) is 5.67. The van der Waals surface area contributed by atoms with Crippen molar-refractivity contribution in [2.24, 2.45) is 0 Å². The number of nitrogens with one attached hydrogen (secondary N) is 1. The molecule has 1 N–H and O–H groups in total. The SMILES string of the molecule is CCC1CNC(C)(C)CN1c1cc(Cl)c(Cl)cc1Cl. The summed E-state index contributed by atoms with van der Waals surface area (Å²) in [5.41, 5.74) is 1.03. The summed E-state index contributed by atoms with van der Waals surface area (Å²) in [6.45, 7) is 8.40. The molecule has 1 saturated heterocycles. The highest BCUT2D eigenvalue weighted by atomic mass is 35.5. The van der Waals surface area contributed by atoms with Gasteiger partial charge in [0.05, 0.1) is 20.8 Å². The highest BCUT2D eigenvalue weighted by Gasteiger charge is 2.32. The summed E-state index contributed by atoms with van der Waals surface area (Å²) < 4.78 is 0. The number of hydrogen-bond donors (Lipinski definition) is 1. The summed E-state index contributed by atoms with van der Waals surface area (Å²) in [6.07, 6.45) is 1.06. The molecule has 1 aliphatic heterocycles. The monoisotopic (exact) mass is 320 g/mol. The number of hydrogen-bond acceptors (Lipinski definition) is 2. The van der Waals surface area contributed by atoms with Crippen molar-refractivity contribution in [3.8, 4) is 0 Å². The van der Waals surface area contributed by atoms with E-state index in [1.165, 1.54) is 0 Å². The summed E-state index contributed by atoms with van der Waals surface area (Å²) in [7, 11) is 0. The van der Waals surface area contributed by atoms with Crippen molar-refractivity contribution < 1.29 is 0 Å². The van der Waals surface area contributed by atoms with Crippen LogP contribution >= 0.6 is 34.8 Å². The third-order valence-electron chi connectivity index (χ3n) is 3.59. The second kappa shape index (κ2) is 5.69. The maximum atomic E-state index is 6.35. The Morgan fingerprint density at radius 3 is 2.47 bits per heavy atom. The van der Waals surface area contributed by atoms with Gasteiger partial charge in [-0.05, 0) is 32.4 Å². The molecular weight excluding hydrogens is 303 g/mol. The van der Waals surface area contributed by atoms with Crippen LogP contribution in [-0.4, -0.2) is 24.7 Å². The number of halogens is 3. The van der Waals surface area contributed by atoms with Gasteiger partial charge in [0.1, 0.15) is 0 Å². The molecule has 1 atom stereocenters. The number of benzene rings is 1. The van der Waals surface area contributed by atoms with Crippen molar-refractivity contribution in [2.75, 3.05) is 18.0 Å². The lowest BCUT2D eigenvalue weighted by Gasteiger charge is -2.46. The maximum absolute atomic E-state index is 6.35. The molecule has 106 valence electrons. The summed E-state index contributed by atoms with van der Waals surface area (Å²) in [4.78, 5) is 2.33. The molecule has 1 heterocycles. The first-order valence-electron chi connectivity index (χ1n) is 6.50. The molecule has 19 heavy (non-hydrogen) atoms. The van der Waals surface area contributed by atoms with E-state index in [9.17, 15) is 0 Å². The van der Waals surface area contributed by atoms with E-state index in [-0.39, 0.29) is 5.54 Å². The predicted octanol–water partition coefficient (Wildman–Crippen LogP) is 4.61. The van der Waals surface area contributed by atoms with Crippen molar-refractivity contribution in [1.29, 1.82) is 0 Å². The lowest BCUT2D eigenvalue weighted by Crippen LogP contribution is -2.61. The minimum Gasteiger partial charge on any atom is -0.364 e. The third kappa shape index (κ3) is 3.30. The van der Waals surface area contributed by atoms with Gasteiger partial charge in [-0.25, -0.2) is 0 Å². The van der Waals surface area contributed by atoms with Gasteiger partial charge in [0.2, 0.25) is 0 Å². The standard InChI is InChI=1S/C14H19Cl3N2/c1-4-9-7-18-14(2,3)8-19(9)13-6-11(16)10(15)5-12(13)17/h5-6,9,18H,4,7-8H2,1-3H3. The van der Waals surface area contributed by atoms with Gasteiger partial charge < -0.3 is 10.2 Å². The topological polar surface area (TPSA) is 15.3 Å². The molecule has 0 aliphatic carbocycles. The highest BCUT2D eigenvalue weighted by molar-refractivity contribution is 6.44. The Balaban J connectivity index is 2.39. The van der Waals surface area contributed by atoms with E-state index < -0.39 is 0 Å². The van der Waals surface area contributed by atoms with Gasteiger partial charge in [-0.2, -0.15) is 0 Å². The van der Waals surface area contributed by atoms with Gasteiger partial charge in [-0.3, -0.25) is 0 Å². The molecule has 1 aromatic rings. The number of nitrogens with zero attached hydrogens (tertiary/aromatic N) is 1. The van der Waals surface area contributed by atoms with Gasteiger partial charge in [0, 0.05) is 24.7 Å².